The van der Waals surface area contributed by atoms with Crippen LogP contribution in [0.2, 0.25) is 0 Å². The molecule has 0 saturated heterocycles. The molecular weight excluding hydrogens is 291 g/mol. The minimum absolute atomic E-state index is 0.103. The van der Waals surface area contributed by atoms with Crippen molar-refractivity contribution in [1.29, 1.82) is 0 Å². The van der Waals surface area contributed by atoms with Gasteiger partial charge >= 0.3 is 0 Å². The van der Waals surface area contributed by atoms with Crippen LogP contribution in [0.15, 0.2) is 29.6 Å². The molecule has 4 nitrogen and oxygen atoms in total. The fourth-order valence-corrected chi connectivity index (χ4v) is 2.59. The lowest BCUT2D eigenvalue weighted by atomic mass is 10.1. The number of aromatic nitrogens is 1. The van der Waals surface area contributed by atoms with E-state index >= 15 is 0 Å². The van der Waals surface area contributed by atoms with Gasteiger partial charge in [-0.3, -0.25) is 4.79 Å². The first-order chi connectivity index (χ1) is 10.0. The van der Waals surface area contributed by atoms with Gasteiger partial charge in [0.25, 0.3) is 5.91 Å². The predicted molar refractivity (Wildman–Crippen MR) is 80.0 cm³/mol. The molecule has 0 fully saturated rings. The van der Waals surface area contributed by atoms with E-state index in [1.807, 2.05) is 0 Å². The van der Waals surface area contributed by atoms with E-state index in [1.54, 1.807) is 37.6 Å². The quantitative estimate of drug-likeness (QED) is 0.922. The second-order valence-corrected chi connectivity index (χ2v) is 5.78. The van der Waals surface area contributed by atoms with Crippen LogP contribution in [0, 0.1) is 5.82 Å². The molecule has 2 rings (SSSR count). The molecule has 1 aromatic carbocycles. The summed E-state index contributed by atoms with van der Waals surface area (Å²) in [4.78, 5) is 17.9. The van der Waals surface area contributed by atoms with Gasteiger partial charge in [0.05, 0.1) is 17.7 Å². The van der Waals surface area contributed by atoms with Crippen molar-refractivity contribution >= 4 is 17.2 Å². The normalized spacial score (nSPS) is 12.2. The number of aliphatic hydroxyl groups excluding tert-OH is 1. The Labute approximate surface area is 126 Å². The highest BCUT2D eigenvalue weighted by Crippen LogP contribution is 2.18. The van der Waals surface area contributed by atoms with Gasteiger partial charge in [-0.05, 0) is 18.6 Å². The van der Waals surface area contributed by atoms with E-state index in [-0.39, 0.29) is 24.4 Å². The molecule has 6 heteroatoms. The van der Waals surface area contributed by atoms with Crippen molar-refractivity contribution in [1.82, 2.24) is 9.88 Å². The first kappa shape index (κ1) is 15.6. The summed E-state index contributed by atoms with van der Waals surface area (Å²) in [6, 6.07) is 6.26. The Morgan fingerprint density at radius 3 is 2.86 bits per heavy atom. The van der Waals surface area contributed by atoms with Crippen molar-refractivity contribution in [2.24, 2.45) is 0 Å². The number of carbonyl (C=O) groups excluding carboxylic acids is 1. The third-order valence-electron chi connectivity index (χ3n) is 3.32. The van der Waals surface area contributed by atoms with E-state index in [0.717, 1.165) is 0 Å². The highest BCUT2D eigenvalue weighted by molar-refractivity contribution is 7.09. The van der Waals surface area contributed by atoms with E-state index in [4.69, 9.17) is 5.11 Å². The van der Waals surface area contributed by atoms with Crippen LogP contribution in [-0.4, -0.2) is 40.6 Å². The SMILES string of the molecule is CC(CO)N(C)C(=O)c1csc(Cc2ccccc2F)n1. The maximum atomic E-state index is 13.6. The molecule has 0 aliphatic carbocycles. The summed E-state index contributed by atoms with van der Waals surface area (Å²) in [6.07, 6.45) is 0.365. The number of halogens is 1. The van der Waals surface area contributed by atoms with Gasteiger partial charge in [0.15, 0.2) is 0 Å². The summed E-state index contributed by atoms with van der Waals surface area (Å²) in [6.45, 7) is 1.65. The Bertz CT molecular complexity index is 630. The molecule has 1 N–H and O–H groups in total. The largest absolute Gasteiger partial charge is 0.394 e. The third-order valence-corrected chi connectivity index (χ3v) is 4.16. The van der Waals surface area contributed by atoms with Crippen molar-refractivity contribution in [2.45, 2.75) is 19.4 Å². The molecule has 1 unspecified atom stereocenters. The number of likely N-dealkylation sites (N-methyl/N-ethyl adjacent to an activating group) is 1. The van der Waals surface area contributed by atoms with E-state index in [2.05, 4.69) is 4.98 Å². The molecule has 0 aliphatic rings. The van der Waals surface area contributed by atoms with Gasteiger partial charge in [-0.15, -0.1) is 11.3 Å². The topological polar surface area (TPSA) is 53.4 Å². The summed E-state index contributed by atoms with van der Waals surface area (Å²) in [5, 5.41) is 11.4. The number of amides is 1. The fourth-order valence-electron chi connectivity index (χ4n) is 1.80. The zero-order chi connectivity index (χ0) is 15.4. The van der Waals surface area contributed by atoms with Crippen LogP contribution in [0.5, 0.6) is 0 Å². The Kier molecular flexibility index (Phi) is 5.03. The number of rotatable bonds is 5. The first-order valence-electron chi connectivity index (χ1n) is 6.58. The summed E-state index contributed by atoms with van der Waals surface area (Å²) in [5.74, 6) is -0.515. The predicted octanol–water partition coefficient (Wildman–Crippen LogP) is 2.33. The van der Waals surface area contributed by atoms with Gasteiger partial charge in [-0.2, -0.15) is 0 Å². The van der Waals surface area contributed by atoms with Crippen molar-refractivity contribution in [3.05, 3.63) is 51.7 Å². The van der Waals surface area contributed by atoms with Gasteiger partial charge in [-0.1, -0.05) is 18.2 Å². The molecule has 0 bridgehead atoms. The lowest BCUT2D eigenvalue weighted by molar-refractivity contribution is 0.0677. The number of aliphatic hydroxyl groups is 1. The summed E-state index contributed by atoms with van der Waals surface area (Å²) >= 11 is 1.33. The molecule has 0 saturated carbocycles. The minimum Gasteiger partial charge on any atom is -0.394 e. The van der Waals surface area contributed by atoms with Crippen LogP contribution in [0.3, 0.4) is 0 Å². The number of hydrogen-bond acceptors (Lipinski definition) is 4. The van der Waals surface area contributed by atoms with Crippen molar-refractivity contribution in [2.75, 3.05) is 13.7 Å². The fraction of sp³-hybridized carbons (Fsp3) is 0.333. The van der Waals surface area contributed by atoms with Crippen LogP contribution in [0.1, 0.15) is 28.0 Å². The zero-order valence-corrected chi connectivity index (χ0v) is 12.7. The Hall–Kier alpha value is -1.79. The van der Waals surface area contributed by atoms with E-state index in [9.17, 15) is 9.18 Å². The van der Waals surface area contributed by atoms with Crippen LogP contribution < -0.4 is 0 Å². The monoisotopic (exact) mass is 308 g/mol. The third kappa shape index (κ3) is 3.65. The van der Waals surface area contributed by atoms with Gasteiger partial charge in [0.2, 0.25) is 0 Å². The molecule has 112 valence electrons. The number of hydrogen-bond donors (Lipinski definition) is 1. The Morgan fingerprint density at radius 2 is 2.19 bits per heavy atom. The second kappa shape index (κ2) is 6.78. The standard InChI is InChI=1S/C15H17FN2O2S/c1-10(8-19)18(2)15(20)13-9-21-14(17-13)7-11-5-3-4-6-12(11)16/h3-6,9-10,19H,7-8H2,1-2H3. The highest BCUT2D eigenvalue weighted by Gasteiger charge is 2.19. The van der Waals surface area contributed by atoms with Crippen molar-refractivity contribution in [3.8, 4) is 0 Å². The van der Waals surface area contributed by atoms with Gasteiger partial charge in [-0.25, -0.2) is 9.37 Å². The maximum absolute atomic E-state index is 13.6. The second-order valence-electron chi connectivity index (χ2n) is 4.84. The summed E-state index contributed by atoms with van der Waals surface area (Å²) < 4.78 is 13.6. The van der Waals surface area contributed by atoms with Gasteiger partial charge in [0, 0.05) is 18.8 Å². The average molecular weight is 308 g/mol. The molecule has 0 radical (unpaired) electrons. The minimum atomic E-state index is -0.272. The highest BCUT2D eigenvalue weighted by atomic mass is 32.1. The average Bonchev–Trinajstić information content (AvgIpc) is 2.95. The van der Waals surface area contributed by atoms with Gasteiger partial charge < -0.3 is 10.0 Å². The smallest absolute Gasteiger partial charge is 0.273 e. The van der Waals surface area contributed by atoms with Gasteiger partial charge in [0.1, 0.15) is 11.5 Å². The Morgan fingerprint density at radius 1 is 1.48 bits per heavy atom. The number of thiazole rings is 1. The maximum Gasteiger partial charge on any atom is 0.273 e. The molecular formula is C15H17FN2O2S. The van der Waals surface area contributed by atoms with E-state index < -0.39 is 0 Å². The number of benzene rings is 1. The molecule has 1 heterocycles. The summed E-state index contributed by atoms with van der Waals surface area (Å²) in [7, 11) is 1.62. The number of nitrogens with zero attached hydrogens (tertiary/aromatic N) is 2. The molecule has 0 aliphatic heterocycles. The molecule has 1 atom stereocenters. The zero-order valence-electron chi connectivity index (χ0n) is 11.9. The van der Waals surface area contributed by atoms with E-state index in [1.165, 1.54) is 22.3 Å². The van der Waals surface area contributed by atoms with Crippen LogP contribution in [0.4, 0.5) is 4.39 Å². The lowest BCUT2D eigenvalue weighted by Crippen LogP contribution is -2.37. The van der Waals surface area contributed by atoms with Crippen LogP contribution in [0.25, 0.3) is 0 Å². The van der Waals surface area contributed by atoms with Crippen molar-refractivity contribution in [3.63, 3.8) is 0 Å². The molecule has 1 amide bonds. The molecule has 1 aromatic heterocycles. The Balaban J connectivity index is 2.11. The van der Waals surface area contributed by atoms with E-state index in [0.29, 0.717) is 22.7 Å². The number of carbonyl (C=O) groups is 1. The summed E-state index contributed by atoms with van der Waals surface area (Å²) in [5.41, 5.74) is 0.886. The molecule has 0 spiro atoms. The molecule has 21 heavy (non-hydrogen) atoms. The van der Waals surface area contributed by atoms with Crippen molar-refractivity contribution < 1.29 is 14.3 Å². The lowest BCUT2D eigenvalue weighted by Gasteiger charge is -2.21. The first-order valence-corrected chi connectivity index (χ1v) is 7.46. The molecule has 2 aromatic rings. The van der Waals surface area contributed by atoms with Crippen LogP contribution in [-0.2, 0) is 6.42 Å². The van der Waals surface area contributed by atoms with Crippen LogP contribution >= 0.6 is 11.3 Å².